The number of carbonyl (C=O) groups is 2. The van der Waals surface area contributed by atoms with Gasteiger partial charge in [0, 0.05) is 25.2 Å². The smallest absolute Gasteiger partial charge is 0.253 e. The SMILES string of the molecule is CCCN(CCC)CCN1C(=O)C=CC1=O. The van der Waals surface area contributed by atoms with E-state index < -0.39 is 0 Å². The van der Waals surface area contributed by atoms with E-state index in [-0.39, 0.29) is 11.8 Å². The molecule has 0 aromatic rings. The molecule has 0 bridgehead atoms. The van der Waals surface area contributed by atoms with E-state index in [0.717, 1.165) is 32.5 Å². The molecule has 0 radical (unpaired) electrons. The Morgan fingerprint density at radius 1 is 1.00 bits per heavy atom. The van der Waals surface area contributed by atoms with E-state index in [2.05, 4.69) is 18.7 Å². The van der Waals surface area contributed by atoms with Gasteiger partial charge in [0.1, 0.15) is 0 Å². The third-order valence-corrected chi connectivity index (χ3v) is 2.62. The molecule has 1 rings (SSSR count). The number of carbonyl (C=O) groups excluding carboxylic acids is 2. The fourth-order valence-electron chi connectivity index (χ4n) is 1.86. The van der Waals surface area contributed by atoms with E-state index in [9.17, 15) is 9.59 Å². The summed E-state index contributed by atoms with van der Waals surface area (Å²) in [7, 11) is 0. The van der Waals surface area contributed by atoms with Gasteiger partial charge in [-0.05, 0) is 25.9 Å². The lowest BCUT2D eigenvalue weighted by Gasteiger charge is -2.23. The maximum Gasteiger partial charge on any atom is 0.253 e. The number of rotatable bonds is 7. The van der Waals surface area contributed by atoms with Crippen molar-refractivity contribution < 1.29 is 9.59 Å². The Morgan fingerprint density at radius 2 is 1.50 bits per heavy atom. The van der Waals surface area contributed by atoms with Gasteiger partial charge in [-0.15, -0.1) is 0 Å². The molecule has 1 heterocycles. The monoisotopic (exact) mass is 224 g/mol. The van der Waals surface area contributed by atoms with E-state index in [1.807, 2.05) is 0 Å². The van der Waals surface area contributed by atoms with Crippen molar-refractivity contribution in [2.24, 2.45) is 0 Å². The van der Waals surface area contributed by atoms with Crippen molar-refractivity contribution in [3.8, 4) is 0 Å². The van der Waals surface area contributed by atoms with Crippen LogP contribution in [0.1, 0.15) is 26.7 Å². The van der Waals surface area contributed by atoms with Gasteiger partial charge in [0.05, 0.1) is 0 Å². The molecule has 90 valence electrons. The Bertz CT molecular complexity index is 263. The van der Waals surface area contributed by atoms with E-state index in [4.69, 9.17) is 0 Å². The van der Waals surface area contributed by atoms with Gasteiger partial charge in [-0.1, -0.05) is 13.8 Å². The number of hydrogen-bond donors (Lipinski definition) is 0. The third kappa shape index (κ3) is 3.45. The number of hydrogen-bond acceptors (Lipinski definition) is 3. The van der Waals surface area contributed by atoms with Gasteiger partial charge in [0.15, 0.2) is 0 Å². The molecule has 0 fully saturated rings. The Labute approximate surface area is 96.9 Å². The van der Waals surface area contributed by atoms with E-state index in [1.54, 1.807) is 0 Å². The van der Waals surface area contributed by atoms with Crippen LogP contribution in [0.5, 0.6) is 0 Å². The third-order valence-electron chi connectivity index (χ3n) is 2.62. The van der Waals surface area contributed by atoms with Crippen molar-refractivity contribution in [3.63, 3.8) is 0 Å². The number of amides is 2. The first-order chi connectivity index (χ1) is 7.69. The second-order valence-electron chi connectivity index (χ2n) is 4.00. The minimum atomic E-state index is -0.182. The van der Waals surface area contributed by atoms with Gasteiger partial charge in [-0.25, -0.2) is 0 Å². The summed E-state index contributed by atoms with van der Waals surface area (Å²) in [5.74, 6) is -0.365. The zero-order chi connectivity index (χ0) is 12.0. The Hall–Kier alpha value is -1.16. The van der Waals surface area contributed by atoms with Gasteiger partial charge in [0.2, 0.25) is 0 Å². The summed E-state index contributed by atoms with van der Waals surface area (Å²) in [6, 6.07) is 0. The van der Waals surface area contributed by atoms with E-state index >= 15 is 0 Å². The summed E-state index contributed by atoms with van der Waals surface area (Å²) in [6.45, 7) is 7.60. The highest BCUT2D eigenvalue weighted by atomic mass is 16.2. The Kier molecular flexibility index (Phi) is 5.19. The molecule has 0 aliphatic carbocycles. The van der Waals surface area contributed by atoms with Crippen molar-refractivity contribution in [2.75, 3.05) is 26.2 Å². The lowest BCUT2D eigenvalue weighted by atomic mass is 10.3. The molecule has 2 amide bonds. The molecule has 4 nitrogen and oxygen atoms in total. The fraction of sp³-hybridized carbons (Fsp3) is 0.667. The summed E-state index contributed by atoms with van der Waals surface area (Å²) >= 11 is 0. The quantitative estimate of drug-likeness (QED) is 0.606. The molecule has 0 aromatic heterocycles. The Morgan fingerprint density at radius 3 is 1.94 bits per heavy atom. The fourth-order valence-corrected chi connectivity index (χ4v) is 1.86. The molecule has 0 unspecified atom stereocenters. The van der Waals surface area contributed by atoms with Gasteiger partial charge in [-0.2, -0.15) is 0 Å². The largest absolute Gasteiger partial charge is 0.302 e. The molecule has 1 aliphatic rings. The first-order valence-corrected chi connectivity index (χ1v) is 5.95. The zero-order valence-electron chi connectivity index (χ0n) is 10.1. The van der Waals surface area contributed by atoms with Crippen LogP contribution in [-0.2, 0) is 9.59 Å². The molecule has 0 aromatic carbocycles. The summed E-state index contributed by atoms with van der Waals surface area (Å²) in [5, 5.41) is 0. The first kappa shape index (κ1) is 12.9. The van der Waals surface area contributed by atoms with Crippen LogP contribution in [0.4, 0.5) is 0 Å². The molecule has 0 N–H and O–H groups in total. The summed E-state index contributed by atoms with van der Waals surface area (Å²) in [4.78, 5) is 26.2. The average molecular weight is 224 g/mol. The van der Waals surface area contributed by atoms with Crippen LogP contribution >= 0.6 is 0 Å². The number of nitrogens with zero attached hydrogens (tertiary/aromatic N) is 2. The highest BCUT2D eigenvalue weighted by molar-refractivity contribution is 6.12. The molecular weight excluding hydrogens is 204 g/mol. The maximum atomic E-state index is 11.3. The minimum absolute atomic E-state index is 0.182. The predicted octanol–water partition coefficient (Wildman–Crippen LogP) is 1.03. The predicted molar refractivity (Wildman–Crippen MR) is 62.9 cm³/mol. The normalized spacial score (nSPS) is 15.6. The van der Waals surface area contributed by atoms with Crippen molar-refractivity contribution >= 4 is 11.8 Å². The standard InChI is InChI=1S/C12H20N2O2/c1-3-7-13(8-4-2)9-10-14-11(15)5-6-12(14)16/h5-6H,3-4,7-10H2,1-2H3. The molecule has 0 saturated carbocycles. The summed E-state index contributed by atoms with van der Waals surface area (Å²) in [5.41, 5.74) is 0. The zero-order valence-corrected chi connectivity index (χ0v) is 10.1. The second kappa shape index (κ2) is 6.43. The molecule has 4 heteroatoms. The van der Waals surface area contributed by atoms with Gasteiger partial charge in [0.25, 0.3) is 11.8 Å². The van der Waals surface area contributed by atoms with Crippen molar-refractivity contribution in [2.45, 2.75) is 26.7 Å². The molecule has 1 aliphatic heterocycles. The molecule has 16 heavy (non-hydrogen) atoms. The van der Waals surface area contributed by atoms with Crippen LogP contribution in [0, 0.1) is 0 Å². The number of imide groups is 1. The maximum absolute atomic E-state index is 11.3. The minimum Gasteiger partial charge on any atom is -0.302 e. The summed E-state index contributed by atoms with van der Waals surface area (Å²) in [6.07, 6.45) is 4.87. The van der Waals surface area contributed by atoms with Crippen LogP contribution < -0.4 is 0 Å². The van der Waals surface area contributed by atoms with Gasteiger partial charge >= 0.3 is 0 Å². The topological polar surface area (TPSA) is 40.6 Å². The van der Waals surface area contributed by atoms with E-state index in [0.29, 0.717) is 6.54 Å². The molecule has 0 atom stereocenters. The highest BCUT2D eigenvalue weighted by Gasteiger charge is 2.23. The first-order valence-electron chi connectivity index (χ1n) is 5.95. The van der Waals surface area contributed by atoms with E-state index in [1.165, 1.54) is 17.1 Å². The second-order valence-corrected chi connectivity index (χ2v) is 4.00. The van der Waals surface area contributed by atoms with Crippen molar-refractivity contribution in [3.05, 3.63) is 12.2 Å². The van der Waals surface area contributed by atoms with Gasteiger partial charge < -0.3 is 4.90 Å². The molecule has 0 spiro atoms. The van der Waals surface area contributed by atoms with Crippen LogP contribution in [0.15, 0.2) is 12.2 Å². The average Bonchev–Trinajstić information content (AvgIpc) is 2.56. The Balaban J connectivity index is 2.36. The van der Waals surface area contributed by atoms with Crippen molar-refractivity contribution in [1.29, 1.82) is 0 Å². The molecule has 0 saturated heterocycles. The van der Waals surface area contributed by atoms with Crippen LogP contribution in [0.2, 0.25) is 0 Å². The van der Waals surface area contributed by atoms with Crippen LogP contribution in [0.3, 0.4) is 0 Å². The highest BCUT2D eigenvalue weighted by Crippen LogP contribution is 2.04. The van der Waals surface area contributed by atoms with Gasteiger partial charge in [-0.3, -0.25) is 14.5 Å². The van der Waals surface area contributed by atoms with Crippen molar-refractivity contribution in [1.82, 2.24) is 9.80 Å². The summed E-state index contributed by atoms with van der Waals surface area (Å²) < 4.78 is 0. The molecular formula is C12H20N2O2. The van der Waals surface area contributed by atoms with Crippen LogP contribution in [0.25, 0.3) is 0 Å². The lowest BCUT2D eigenvalue weighted by Crippen LogP contribution is -2.39. The van der Waals surface area contributed by atoms with Crippen LogP contribution in [-0.4, -0.2) is 47.8 Å². The lowest BCUT2D eigenvalue weighted by molar-refractivity contribution is -0.137.